The van der Waals surface area contributed by atoms with Gasteiger partial charge in [-0.05, 0) is 69.6 Å². The molecule has 6 rings (SSSR count). The molecule has 0 spiro atoms. The third kappa shape index (κ3) is 4.79. The summed E-state index contributed by atoms with van der Waals surface area (Å²) in [7, 11) is 0. The van der Waals surface area contributed by atoms with Gasteiger partial charge in [0.2, 0.25) is 5.91 Å². The number of piperidine rings is 1. The highest BCUT2D eigenvalue weighted by Gasteiger charge is 2.34. The number of carbonyl (C=O) groups excluding carboxylic acids is 2. The number of nitrogens with zero attached hydrogens (tertiary/aromatic N) is 5. The number of aryl methyl sites for hydroxylation is 1. The maximum Gasteiger partial charge on any atom is 0.256 e. The van der Waals surface area contributed by atoms with Gasteiger partial charge in [-0.1, -0.05) is 18.5 Å². The maximum absolute atomic E-state index is 13.9. The first-order valence-corrected chi connectivity index (χ1v) is 13.8. The normalized spacial score (nSPS) is 22.0. The van der Waals surface area contributed by atoms with Crippen molar-refractivity contribution in [3.05, 3.63) is 52.3 Å². The lowest BCUT2D eigenvalue weighted by Gasteiger charge is -2.35. The van der Waals surface area contributed by atoms with Crippen LogP contribution in [0.2, 0.25) is 5.02 Å². The molecule has 3 fully saturated rings. The molecule has 8 nitrogen and oxygen atoms in total. The number of hydrogen-bond acceptors (Lipinski definition) is 5. The zero-order valence-corrected chi connectivity index (χ0v) is 22.2. The van der Waals surface area contributed by atoms with Crippen LogP contribution in [-0.2, 0) is 4.79 Å². The van der Waals surface area contributed by atoms with Crippen molar-refractivity contribution in [1.29, 1.82) is 0 Å². The van der Waals surface area contributed by atoms with Crippen molar-refractivity contribution in [2.75, 3.05) is 29.9 Å². The van der Waals surface area contributed by atoms with Crippen LogP contribution in [0.25, 0.3) is 5.65 Å². The second-order valence-corrected chi connectivity index (χ2v) is 11.4. The Balaban J connectivity index is 1.31. The van der Waals surface area contributed by atoms with Gasteiger partial charge in [-0.25, -0.2) is 9.50 Å². The highest BCUT2D eigenvalue weighted by molar-refractivity contribution is 6.31. The first-order valence-electron chi connectivity index (χ1n) is 13.4. The van der Waals surface area contributed by atoms with Crippen molar-refractivity contribution in [1.82, 2.24) is 19.5 Å². The Hall–Kier alpha value is -3.13. The number of carbonyl (C=O) groups is 2. The van der Waals surface area contributed by atoms with Crippen LogP contribution in [0.4, 0.5) is 11.5 Å². The monoisotopic (exact) mass is 520 g/mol. The summed E-state index contributed by atoms with van der Waals surface area (Å²) in [6.07, 6.45) is 7.80. The van der Waals surface area contributed by atoms with Crippen LogP contribution in [0.3, 0.4) is 0 Å². The van der Waals surface area contributed by atoms with E-state index in [1.165, 1.54) is 6.42 Å². The van der Waals surface area contributed by atoms with Crippen LogP contribution in [0.1, 0.15) is 73.1 Å². The van der Waals surface area contributed by atoms with E-state index in [9.17, 15) is 9.59 Å². The molecule has 194 valence electrons. The van der Waals surface area contributed by atoms with Crippen molar-refractivity contribution in [2.24, 2.45) is 11.8 Å². The van der Waals surface area contributed by atoms with Gasteiger partial charge < -0.3 is 15.1 Å². The van der Waals surface area contributed by atoms with Gasteiger partial charge >= 0.3 is 0 Å². The van der Waals surface area contributed by atoms with Gasteiger partial charge in [-0.3, -0.25) is 9.59 Å². The molecular formula is C28H33ClN6O2. The predicted octanol–water partition coefficient (Wildman–Crippen LogP) is 5.25. The van der Waals surface area contributed by atoms with E-state index in [-0.39, 0.29) is 23.8 Å². The molecule has 2 saturated heterocycles. The summed E-state index contributed by atoms with van der Waals surface area (Å²) in [6, 6.07) is 6.96. The fourth-order valence-corrected chi connectivity index (χ4v) is 5.82. The summed E-state index contributed by atoms with van der Waals surface area (Å²) < 4.78 is 1.84. The molecule has 37 heavy (non-hydrogen) atoms. The molecule has 2 amide bonds. The third-order valence-electron chi connectivity index (χ3n) is 7.87. The minimum Gasteiger partial charge on any atom is -0.356 e. The van der Waals surface area contributed by atoms with Gasteiger partial charge in [-0.2, -0.15) is 5.10 Å². The van der Waals surface area contributed by atoms with Crippen LogP contribution >= 0.6 is 11.6 Å². The van der Waals surface area contributed by atoms with Crippen LogP contribution < -0.4 is 10.2 Å². The lowest BCUT2D eigenvalue weighted by molar-refractivity contribution is -0.117. The molecule has 0 bridgehead atoms. The summed E-state index contributed by atoms with van der Waals surface area (Å²) in [5, 5.41) is 8.30. The number of hydrogen-bond donors (Lipinski definition) is 1. The molecule has 3 aromatic rings. The number of aromatic nitrogens is 3. The van der Waals surface area contributed by atoms with Crippen LogP contribution in [-0.4, -0.2) is 50.9 Å². The quantitative estimate of drug-likeness (QED) is 0.496. The summed E-state index contributed by atoms with van der Waals surface area (Å²) in [5.74, 6) is 1.58. The number of rotatable bonds is 5. The number of fused-ring (bicyclic) bond motifs is 1. The Kier molecular flexibility index (Phi) is 6.31. The zero-order valence-electron chi connectivity index (χ0n) is 21.4. The summed E-state index contributed by atoms with van der Waals surface area (Å²) in [4.78, 5) is 35.6. The van der Waals surface area contributed by atoms with Crippen LogP contribution in [0.5, 0.6) is 0 Å². The van der Waals surface area contributed by atoms with E-state index < -0.39 is 0 Å². The predicted molar refractivity (Wildman–Crippen MR) is 144 cm³/mol. The summed E-state index contributed by atoms with van der Waals surface area (Å²) in [6.45, 7) is 7.04. The van der Waals surface area contributed by atoms with Gasteiger partial charge in [0.25, 0.3) is 5.91 Å². The molecule has 1 N–H and O–H groups in total. The smallest absolute Gasteiger partial charge is 0.256 e. The fourth-order valence-electron chi connectivity index (χ4n) is 5.65. The molecule has 0 radical (unpaired) electrons. The van der Waals surface area contributed by atoms with Crippen LogP contribution in [0.15, 0.2) is 30.5 Å². The Labute approximate surface area is 222 Å². The minimum absolute atomic E-state index is 0.0310. The summed E-state index contributed by atoms with van der Waals surface area (Å²) in [5.41, 5.74) is 3.69. The molecule has 1 aromatic carbocycles. The molecular weight excluding hydrogens is 488 g/mol. The lowest BCUT2D eigenvalue weighted by Crippen LogP contribution is -2.39. The molecule has 9 heteroatoms. The van der Waals surface area contributed by atoms with E-state index in [2.05, 4.69) is 24.1 Å². The molecule has 2 aromatic heterocycles. The molecule has 2 atom stereocenters. The first kappa shape index (κ1) is 24.2. The van der Waals surface area contributed by atoms with Gasteiger partial charge in [0, 0.05) is 48.4 Å². The first-order chi connectivity index (χ1) is 17.9. The van der Waals surface area contributed by atoms with Crippen molar-refractivity contribution in [3.8, 4) is 0 Å². The lowest BCUT2D eigenvalue weighted by atomic mass is 9.98. The number of likely N-dealkylation sites (tertiary alicyclic amines) is 1. The summed E-state index contributed by atoms with van der Waals surface area (Å²) >= 11 is 6.30. The molecule has 1 saturated carbocycles. The maximum atomic E-state index is 13.9. The van der Waals surface area contributed by atoms with Crippen LogP contribution in [0, 0.1) is 18.8 Å². The van der Waals surface area contributed by atoms with Crippen molar-refractivity contribution in [2.45, 2.75) is 58.4 Å². The number of amides is 2. The van der Waals surface area contributed by atoms with Gasteiger partial charge in [0.1, 0.15) is 5.82 Å². The van der Waals surface area contributed by atoms with Crippen molar-refractivity contribution >= 4 is 40.6 Å². The SMILES string of the molecule is Cc1cn2nc([C@@H]3CCCCN3C(=O)c3cc(Cl)ccc3NC(=O)C3CC3)cc2nc1N1CCC(C)C1. The zero-order chi connectivity index (χ0) is 25.7. The van der Waals surface area contributed by atoms with E-state index in [1.807, 2.05) is 21.7 Å². The highest BCUT2D eigenvalue weighted by atomic mass is 35.5. The standard InChI is InChI=1S/C28H33ClN6O2/c1-17-10-12-33(15-17)26-18(2)16-35-25(31-26)14-23(32-35)24-5-3-4-11-34(24)28(37)21-13-20(29)8-9-22(21)30-27(36)19-6-7-19/h8-9,13-14,16-17,19,24H,3-7,10-12,15H2,1-2H3,(H,30,36)/t17?,24-/m0/s1. The van der Waals surface area contributed by atoms with E-state index in [0.717, 1.165) is 67.9 Å². The second-order valence-electron chi connectivity index (χ2n) is 10.9. The largest absolute Gasteiger partial charge is 0.356 e. The van der Waals surface area contributed by atoms with Gasteiger partial charge in [-0.15, -0.1) is 0 Å². The number of nitrogens with one attached hydrogen (secondary N) is 1. The van der Waals surface area contributed by atoms with Crippen molar-refractivity contribution < 1.29 is 9.59 Å². The topological polar surface area (TPSA) is 82.8 Å². The number of anilines is 2. The Bertz CT molecular complexity index is 1370. The van der Waals surface area contributed by atoms with E-state index in [1.54, 1.807) is 18.2 Å². The molecule has 4 heterocycles. The molecule has 1 aliphatic carbocycles. The van der Waals surface area contributed by atoms with E-state index in [0.29, 0.717) is 28.7 Å². The van der Waals surface area contributed by atoms with Gasteiger partial charge in [0.05, 0.1) is 23.0 Å². The Morgan fingerprint density at radius 3 is 2.68 bits per heavy atom. The Morgan fingerprint density at radius 1 is 1.08 bits per heavy atom. The molecule has 2 aliphatic heterocycles. The number of benzene rings is 1. The third-order valence-corrected chi connectivity index (χ3v) is 8.11. The second kappa shape index (κ2) is 9.63. The van der Waals surface area contributed by atoms with Crippen molar-refractivity contribution in [3.63, 3.8) is 0 Å². The average molecular weight is 521 g/mol. The molecule has 1 unspecified atom stereocenters. The van der Waals surface area contributed by atoms with E-state index >= 15 is 0 Å². The highest BCUT2D eigenvalue weighted by Crippen LogP contribution is 2.35. The van der Waals surface area contributed by atoms with E-state index in [4.69, 9.17) is 21.7 Å². The minimum atomic E-state index is -0.163. The fraction of sp³-hybridized carbons (Fsp3) is 0.500. The Morgan fingerprint density at radius 2 is 1.92 bits per heavy atom. The molecule has 3 aliphatic rings. The number of halogens is 1. The average Bonchev–Trinajstić information content (AvgIpc) is 3.54. The van der Waals surface area contributed by atoms with Gasteiger partial charge in [0.15, 0.2) is 5.65 Å².